The van der Waals surface area contributed by atoms with Gasteiger partial charge >= 0.3 is 0 Å². The first kappa shape index (κ1) is 13.9. The zero-order valence-corrected chi connectivity index (χ0v) is 10.0. The van der Waals surface area contributed by atoms with Gasteiger partial charge in [-0.05, 0) is 33.2 Å². The van der Waals surface area contributed by atoms with Crippen LogP contribution in [-0.2, 0) is 4.74 Å². The van der Waals surface area contributed by atoms with E-state index in [9.17, 15) is 0 Å². The van der Waals surface area contributed by atoms with Crippen LogP contribution in [0, 0.1) is 0 Å². The second kappa shape index (κ2) is 11.0. The van der Waals surface area contributed by atoms with Crippen LogP contribution >= 0.6 is 11.6 Å². The van der Waals surface area contributed by atoms with Crippen molar-refractivity contribution in [2.24, 2.45) is 0 Å². The third kappa shape index (κ3) is 11.9. The van der Waals surface area contributed by atoms with Gasteiger partial charge in [0.15, 0.2) is 0 Å². The van der Waals surface area contributed by atoms with Gasteiger partial charge in [0.2, 0.25) is 0 Å². The highest BCUT2D eigenvalue weighted by Gasteiger charge is 1.92. The Morgan fingerprint density at radius 1 is 1.29 bits per heavy atom. The fourth-order valence-corrected chi connectivity index (χ4v) is 1.13. The number of rotatable bonds is 9. The Balaban J connectivity index is 2.95. The van der Waals surface area contributed by atoms with E-state index in [-0.39, 0.29) is 0 Å². The fourth-order valence-electron chi connectivity index (χ4n) is 1.00. The molecule has 84 valence electrons. The van der Waals surface area contributed by atoms with Gasteiger partial charge in [-0.25, -0.2) is 0 Å². The Morgan fingerprint density at radius 2 is 2.07 bits per heavy atom. The maximum absolute atomic E-state index is 5.48. The van der Waals surface area contributed by atoms with Crippen LogP contribution in [-0.4, -0.2) is 31.7 Å². The number of hydrogen-bond donors (Lipinski definition) is 1. The van der Waals surface area contributed by atoms with E-state index in [1.54, 1.807) is 0 Å². The molecule has 0 aromatic heterocycles. The van der Waals surface area contributed by atoms with Gasteiger partial charge in [-0.15, -0.1) is 11.6 Å². The summed E-state index contributed by atoms with van der Waals surface area (Å²) in [6.45, 7) is 6.97. The zero-order chi connectivity index (χ0) is 10.6. The smallest absolute Gasteiger partial charge is 0.0518 e. The molecule has 0 saturated carbocycles. The summed E-state index contributed by atoms with van der Waals surface area (Å²) >= 11 is 5.48. The Bertz CT molecular complexity index is 137. The van der Waals surface area contributed by atoms with Crippen LogP contribution in [0.3, 0.4) is 0 Å². The number of halogens is 1. The van der Waals surface area contributed by atoms with E-state index in [2.05, 4.69) is 25.2 Å². The Hall–Kier alpha value is -0.0500. The minimum absolute atomic E-state index is 0.356. The molecule has 0 radical (unpaired) electrons. The van der Waals surface area contributed by atoms with Crippen LogP contribution < -0.4 is 5.32 Å². The molecule has 0 spiro atoms. The maximum Gasteiger partial charge on any atom is 0.0518 e. The van der Waals surface area contributed by atoms with Crippen molar-refractivity contribution in [3.8, 4) is 0 Å². The predicted molar refractivity (Wildman–Crippen MR) is 63.1 cm³/mol. The molecule has 3 heteroatoms. The quantitative estimate of drug-likeness (QED) is 0.366. The van der Waals surface area contributed by atoms with Crippen molar-refractivity contribution in [1.29, 1.82) is 0 Å². The van der Waals surface area contributed by atoms with Crippen LogP contribution in [0.2, 0.25) is 0 Å². The lowest BCUT2D eigenvalue weighted by atomic mass is 10.3. The number of hydrogen-bond acceptors (Lipinski definition) is 2. The molecule has 1 N–H and O–H groups in total. The molecule has 0 fully saturated rings. The van der Waals surface area contributed by atoms with Gasteiger partial charge in [-0.1, -0.05) is 12.2 Å². The van der Waals surface area contributed by atoms with Crippen LogP contribution in [0.25, 0.3) is 0 Å². The molecule has 0 aliphatic carbocycles. The topological polar surface area (TPSA) is 21.3 Å². The van der Waals surface area contributed by atoms with E-state index in [0.29, 0.717) is 12.0 Å². The SMILES string of the molecule is CC(C)OCCCCNC/C=C/CCl. The third-order valence-corrected chi connectivity index (χ3v) is 1.90. The van der Waals surface area contributed by atoms with Gasteiger partial charge in [-0.3, -0.25) is 0 Å². The summed E-state index contributed by atoms with van der Waals surface area (Å²) in [6.07, 6.45) is 6.66. The summed E-state index contributed by atoms with van der Waals surface area (Å²) in [5, 5.41) is 3.31. The summed E-state index contributed by atoms with van der Waals surface area (Å²) in [6, 6.07) is 0. The van der Waals surface area contributed by atoms with Crippen LogP contribution in [0.4, 0.5) is 0 Å². The zero-order valence-electron chi connectivity index (χ0n) is 9.26. The molecule has 0 aromatic carbocycles. The highest BCUT2D eigenvalue weighted by atomic mass is 35.5. The first-order valence-electron chi connectivity index (χ1n) is 5.30. The number of nitrogens with one attached hydrogen (secondary N) is 1. The molecule has 0 amide bonds. The summed E-state index contributed by atoms with van der Waals surface area (Å²) in [7, 11) is 0. The number of allylic oxidation sites excluding steroid dienone is 1. The molecule has 0 heterocycles. The lowest BCUT2D eigenvalue weighted by Crippen LogP contribution is -2.15. The van der Waals surface area contributed by atoms with E-state index in [0.717, 1.165) is 26.1 Å². The molecule has 0 rings (SSSR count). The van der Waals surface area contributed by atoms with Crippen LogP contribution in [0.5, 0.6) is 0 Å². The molecule has 2 nitrogen and oxygen atoms in total. The summed E-state index contributed by atoms with van der Waals surface area (Å²) < 4.78 is 5.43. The average Bonchev–Trinajstić information content (AvgIpc) is 2.15. The molecule has 14 heavy (non-hydrogen) atoms. The van der Waals surface area contributed by atoms with Crippen molar-refractivity contribution in [2.75, 3.05) is 25.6 Å². The lowest BCUT2D eigenvalue weighted by Gasteiger charge is -2.06. The maximum atomic E-state index is 5.48. The van der Waals surface area contributed by atoms with Gasteiger partial charge in [0, 0.05) is 19.0 Å². The third-order valence-electron chi connectivity index (χ3n) is 1.72. The Kier molecular flexibility index (Phi) is 11.0. The van der Waals surface area contributed by atoms with Gasteiger partial charge in [0.05, 0.1) is 6.10 Å². The van der Waals surface area contributed by atoms with Gasteiger partial charge in [0.1, 0.15) is 0 Å². The Labute approximate surface area is 92.7 Å². The van der Waals surface area contributed by atoms with E-state index in [1.807, 2.05) is 6.08 Å². The molecule has 0 unspecified atom stereocenters. The molecule has 0 aliphatic rings. The largest absolute Gasteiger partial charge is 0.379 e. The molecule has 0 aliphatic heterocycles. The van der Waals surface area contributed by atoms with Crippen molar-refractivity contribution in [1.82, 2.24) is 5.32 Å². The second-order valence-electron chi connectivity index (χ2n) is 3.46. The molecular weight excluding hydrogens is 198 g/mol. The molecule has 0 atom stereocenters. The number of alkyl halides is 1. The van der Waals surface area contributed by atoms with Crippen LogP contribution in [0.15, 0.2) is 12.2 Å². The first-order valence-corrected chi connectivity index (χ1v) is 5.84. The fraction of sp³-hybridized carbons (Fsp3) is 0.818. The van der Waals surface area contributed by atoms with E-state index in [4.69, 9.17) is 16.3 Å². The number of ether oxygens (including phenoxy) is 1. The minimum Gasteiger partial charge on any atom is -0.379 e. The van der Waals surface area contributed by atoms with E-state index >= 15 is 0 Å². The summed E-state index contributed by atoms with van der Waals surface area (Å²) in [4.78, 5) is 0. The molecule has 0 saturated heterocycles. The van der Waals surface area contributed by atoms with E-state index in [1.165, 1.54) is 6.42 Å². The Morgan fingerprint density at radius 3 is 2.71 bits per heavy atom. The molecule has 0 bridgehead atoms. The molecule has 0 aromatic rings. The highest BCUT2D eigenvalue weighted by molar-refractivity contribution is 6.18. The lowest BCUT2D eigenvalue weighted by molar-refractivity contribution is 0.0761. The monoisotopic (exact) mass is 219 g/mol. The second-order valence-corrected chi connectivity index (χ2v) is 3.77. The van der Waals surface area contributed by atoms with E-state index < -0.39 is 0 Å². The van der Waals surface area contributed by atoms with Gasteiger partial charge in [0.25, 0.3) is 0 Å². The van der Waals surface area contributed by atoms with Crippen molar-refractivity contribution in [3.63, 3.8) is 0 Å². The predicted octanol–water partition coefficient (Wildman–Crippen LogP) is 2.58. The van der Waals surface area contributed by atoms with Crippen molar-refractivity contribution < 1.29 is 4.74 Å². The van der Waals surface area contributed by atoms with Gasteiger partial charge < -0.3 is 10.1 Å². The van der Waals surface area contributed by atoms with Crippen molar-refractivity contribution >= 4 is 11.6 Å². The van der Waals surface area contributed by atoms with Gasteiger partial charge in [-0.2, -0.15) is 0 Å². The standard InChI is InChI=1S/C11H22ClNO/c1-11(2)14-10-6-5-9-13-8-4-3-7-12/h3-4,11,13H,5-10H2,1-2H3/b4-3+. The molecular formula is C11H22ClNO. The summed E-state index contributed by atoms with van der Waals surface area (Å²) in [5.74, 6) is 0.601. The minimum atomic E-state index is 0.356. The normalized spacial score (nSPS) is 11.7. The van der Waals surface area contributed by atoms with Crippen molar-refractivity contribution in [3.05, 3.63) is 12.2 Å². The average molecular weight is 220 g/mol. The highest BCUT2D eigenvalue weighted by Crippen LogP contribution is 1.93. The first-order chi connectivity index (χ1) is 6.77. The van der Waals surface area contributed by atoms with Crippen LogP contribution in [0.1, 0.15) is 26.7 Å². The number of unbranched alkanes of at least 4 members (excludes halogenated alkanes) is 1. The summed E-state index contributed by atoms with van der Waals surface area (Å²) in [5.41, 5.74) is 0. The van der Waals surface area contributed by atoms with Crippen molar-refractivity contribution in [2.45, 2.75) is 32.8 Å².